The van der Waals surface area contributed by atoms with Crippen molar-refractivity contribution in [3.05, 3.63) is 58.1 Å². The lowest BCUT2D eigenvalue weighted by Crippen LogP contribution is -2.32. The topological polar surface area (TPSA) is 64.6 Å². The number of ether oxygens (including phenoxy) is 2. The molecule has 0 aromatic heterocycles. The van der Waals surface area contributed by atoms with Crippen molar-refractivity contribution in [2.24, 2.45) is 0 Å². The second-order valence-electron chi connectivity index (χ2n) is 7.83. The van der Waals surface area contributed by atoms with Gasteiger partial charge in [0.05, 0.1) is 0 Å². The molecule has 2 rings (SSSR count). The first kappa shape index (κ1) is 22.5. The molecule has 1 amide bonds. The number of rotatable bonds is 7. The van der Waals surface area contributed by atoms with E-state index in [4.69, 9.17) is 9.47 Å². The lowest BCUT2D eigenvalue weighted by Gasteiger charge is -2.19. The normalized spacial score (nSPS) is 11.9. The standard InChI is InChI=1S/C24H31NO4/c1-14(2)20-10-8-9-16(4)22(20)25-24(27)19(7)29-21(26)13-28-23-17(5)11-15(3)12-18(23)6/h8-12,14,19H,13H2,1-7H3,(H,25,27)/t19-/m1/s1. The van der Waals surface area contributed by atoms with Crippen molar-refractivity contribution in [3.63, 3.8) is 0 Å². The Balaban J connectivity index is 1.97. The Labute approximate surface area is 173 Å². The zero-order chi connectivity index (χ0) is 21.7. The first-order chi connectivity index (χ1) is 13.6. The van der Waals surface area contributed by atoms with Crippen LogP contribution in [-0.4, -0.2) is 24.6 Å². The van der Waals surface area contributed by atoms with E-state index in [2.05, 4.69) is 19.2 Å². The van der Waals surface area contributed by atoms with Gasteiger partial charge in [-0.3, -0.25) is 4.79 Å². The highest BCUT2D eigenvalue weighted by Gasteiger charge is 2.21. The van der Waals surface area contributed by atoms with Gasteiger partial charge in [-0.15, -0.1) is 0 Å². The summed E-state index contributed by atoms with van der Waals surface area (Å²) in [5.74, 6) is -0.0123. The average Bonchev–Trinajstić information content (AvgIpc) is 2.62. The Morgan fingerprint density at radius 3 is 2.17 bits per heavy atom. The fourth-order valence-corrected chi connectivity index (χ4v) is 3.38. The first-order valence-electron chi connectivity index (χ1n) is 9.90. The predicted molar refractivity (Wildman–Crippen MR) is 116 cm³/mol. The summed E-state index contributed by atoms with van der Waals surface area (Å²) in [7, 11) is 0. The van der Waals surface area contributed by atoms with Gasteiger partial charge in [-0.1, -0.05) is 49.7 Å². The lowest BCUT2D eigenvalue weighted by atomic mass is 9.98. The van der Waals surface area contributed by atoms with Gasteiger partial charge in [0.25, 0.3) is 5.91 Å². The highest BCUT2D eigenvalue weighted by molar-refractivity contribution is 5.96. The number of esters is 1. The van der Waals surface area contributed by atoms with Crippen molar-refractivity contribution < 1.29 is 19.1 Å². The Kier molecular flexibility index (Phi) is 7.43. The molecule has 0 aliphatic rings. The van der Waals surface area contributed by atoms with Crippen LogP contribution in [0.4, 0.5) is 5.69 Å². The summed E-state index contributed by atoms with van der Waals surface area (Å²) in [4.78, 5) is 24.8. The zero-order valence-corrected chi connectivity index (χ0v) is 18.4. The molecule has 0 aliphatic carbocycles. The summed E-state index contributed by atoms with van der Waals surface area (Å²) in [5, 5.41) is 2.91. The van der Waals surface area contributed by atoms with Crippen LogP contribution in [0.25, 0.3) is 0 Å². The summed E-state index contributed by atoms with van der Waals surface area (Å²) in [6.07, 6.45) is -0.925. The molecule has 1 N–H and O–H groups in total. The third kappa shape index (κ3) is 5.83. The molecular weight excluding hydrogens is 366 g/mol. The molecule has 0 bridgehead atoms. The molecule has 5 nitrogen and oxygen atoms in total. The molecule has 0 saturated heterocycles. The van der Waals surface area contributed by atoms with Crippen molar-refractivity contribution in [3.8, 4) is 5.75 Å². The quantitative estimate of drug-likeness (QED) is 0.668. The largest absolute Gasteiger partial charge is 0.481 e. The first-order valence-corrected chi connectivity index (χ1v) is 9.90. The zero-order valence-electron chi connectivity index (χ0n) is 18.4. The Morgan fingerprint density at radius 1 is 0.966 bits per heavy atom. The van der Waals surface area contributed by atoms with Crippen molar-refractivity contribution in [2.45, 2.75) is 60.5 Å². The number of hydrogen-bond donors (Lipinski definition) is 1. The van der Waals surface area contributed by atoms with E-state index in [1.54, 1.807) is 6.92 Å². The van der Waals surface area contributed by atoms with Crippen LogP contribution >= 0.6 is 0 Å². The van der Waals surface area contributed by atoms with Gasteiger partial charge in [0, 0.05) is 5.69 Å². The molecule has 156 valence electrons. The molecule has 0 heterocycles. The second-order valence-corrected chi connectivity index (χ2v) is 7.83. The molecule has 0 fully saturated rings. The van der Waals surface area contributed by atoms with Gasteiger partial charge in [0.2, 0.25) is 0 Å². The summed E-state index contributed by atoms with van der Waals surface area (Å²) in [6, 6.07) is 9.90. The maximum Gasteiger partial charge on any atom is 0.344 e. The molecule has 1 atom stereocenters. The molecule has 0 spiro atoms. The van der Waals surface area contributed by atoms with E-state index in [-0.39, 0.29) is 18.4 Å². The van der Waals surface area contributed by atoms with Crippen LogP contribution in [-0.2, 0) is 14.3 Å². The molecule has 0 unspecified atom stereocenters. The molecule has 5 heteroatoms. The van der Waals surface area contributed by atoms with E-state index in [9.17, 15) is 9.59 Å². The number of nitrogens with one attached hydrogen (secondary N) is 1. The van der Waals surface area contributed by atoms with Crippen molar-refractivity contribution in [1.29, 1.82) is 0 Å². The van der Waals surface area contributed by atoms with Gasteiger partial charge in [0.1, 0.15) is 5.75 Å². The minimum absolute atomic E-state index is 0.246. The van der Waals surface area contributed by atoms with E-state index < -0.39 is 12.1 Å². The Morgan fingerprint density at radius 2 is 1.59 bits per heavy atom. The fraction of sp³-hybridized carbons (Fsp3) is 0.417. The summed E-state index contributed by atoms with van der Waals surface area (Å²) >= 11 is 0. The summed E-state index contributed by atoms with van der Waals surface area (Å²) < 4.78 is 10.9. The van der Waals surface area contributed by atoms with Crippen LogP contribution in [0.5, 0.6) is 5.75 Å². The van der Waals surface area contributed by atoms with Gasteiger partial charge >= 0.3 is 5.97 Å². The van der Waals surface area contributed by atoms with Gasteiger partial charge in [0.15, 0.2) is 12.7 Å². The van der Waals surface area contributed by atoms with Crippen LogP contribution in [0.2, 0.25) is 0 Å². The molecule has 2 aromatic rings. The van der Waals surface area contributed by atoms with E-state index >= 15 is 0 Å². The fourth-order valence-electron chi connectivity index (χ4n) is 3.38. The number of hydrogen-bond acceptors (Lipinski definition) is 4. The molecule has 2 aromatic carbocycles. The highest BCUT2D eigenvalue weighted by Crippen LogP contribution is 2.28. The van der Waals surface area contributed by atoms with E-state index in [1.165, 1.54) is 0 Å². The van der Waals surface area contributed by atoms with Crippen LogP contribution in [0.3, 0.4) is 0 Å². The number of amides is 1. The highest BCUT2D eigenvalue weighted by atomic mass is 16.6. The predicted octanol–water partition coefficient (Wildman–Crippen LogP) is 4.99. The smallest absolute Gasteiger partial charge is 0.344 e. The van der Waals surface area contributed by atoms with E-state index in [1.807, 2.05) is 58.0 Å². The second kappa shape index (κ2) is 9.59. The van der Waals surface area contributed by atoms with Crippen LogP contribution < -0.4 is 10.1 Å². The van der Waals surface area contributed by atoms with Crippen molar-refractivity contribution in [2.75, 3.05) is 11.9 Å². The SMILES string of the molecule is Cc1cc(C)c(OCC(=O)O[C@H](C)C(=O)Nc2c(C)cccc2C(C)C)c(C)c1. The number of aryl methyl sites for hydroxylation is 4. The molecule has 0 radical (unpaired) electrons. The Hall–Kier alpha value is -2.82. The summed E-state index contributed by atoms with van der Waals surface area (Å²) in [6.45, 7) is 13.3. The minimum Gasteiger partial charge on any atom is -0.481 e. The van der Waals surface area contributed by atoms with Crippen molar-refractivity contribution in [1.82, 2.24) is 0 Å². The van der Waals surface area contributed by atoms with Crippen LogP contribution in [0.15, 0.2) is 30.3 Å². The number of anilines is 1. The molecular formula is C24H31NO4. The van der Waals surface area contributed by atoms with E-state index in [0.29, 0.717) is 5.75 Å². The van der Waals surface area contributed by atoms with Gasteiger partial charge in [-0.25, -0.2) is 4.79 Å². The maximum atomic E-state index is 12.6. The van der Waals surface area contributed by atoms with Gasteiger partial charge in [-0.05, 0) is 62.8 Å². The average molecular weight is 398 g/mol. The van der Waals surface area contributed by atoms with Crippen molar-refractivity contribution >= 4 is 17.6 Å². The monoisotopic (exact) mass is 397 g/mol. The number of carbonyl (C=O) groups excluding carboxylic acids is 2. The van der Waals surface area contributed by atoms with Gasteiger partial charge < -0.3 is 14.8 Å². The third-order valence-corrected chi connectivity index (χ3v) is 4.79. The van der Waals surface area contributed by atoms with E-state index in [0.717, 1.165) is 33.5 Å². The minimum atomic E-state index is -0.925. The maximum absolute atomic E-state index is 12.6. The summed E-state index contributed by atoms with van der Waals surface area (Å²) in [5.41, 5.74) is 5.85. The number of carbonyl (C=O) groups is 2. The molecule has 29 heavy (non-hydrogen) atoms. The number of para-hydroxylation sites is 1. The third-order valence-electron chi connectivity index (χ3n) is 4.79. The van der Waals surface area contributed by atoms with Crippen LogP contribution in [0, 0.1) is 27.7 Å². The Bertz CT molecular complexity index is 879. The number of benzene rings is 2. The molecule has 0 saturated carbocycles. The molecule has 0 aliphatic heterocycles. The van der Waals surface area contributed by atoms with Gasteiger partial charge in [-0.2, -0.15) is 0 Å². The van der Waals surface area contributed by atoms with Crippen LogP contribution in [0.1, 0.15) is 54.5 Å². The lowest BCUT2D eigenvalue weighted by molar-refractivity contribution is -0.155.